The van der Waals surface area contributed by atoms with Crippen molar-refractivity contribution in [3.63, 3.8) is 0 Å². The van der Waals surface area contributed by atoms with Gasteiger partial charge in [0.25, 0.3) is 5.91 Å². The largest absolute Gasteiger partial charge is 0.459 e. The average molecular weight is 380 g/mol. The van der Waals surface area contributed by atoms with E-state index in [-0.39, 0.29) is 11.9 Å². The Kier molecular flexibility index (Phi) is 5.21. The molecule has 8 nitrogen and oxygen atoms in total. The molecule has 0 aromatic carbocycles. The molecule has 0 saturated carbocycles. The molecule has 0 spiro atoms. The fraction of sp³-hybridized carbons (Fsp3) is 0.400. The van der Waals surface area contributed by atoms with Crippen molar-refractivity contribution in [2.45, 2.75) is 39.4 Å². The number of hydrogen-bond acceptors (Lipinski definition) is 6. The van der Waals surface area contributed by atoms with Gasteiger partial charge in [-0.15, -0.1) is 10.2 Å². The molecular weight excluding hydrogens is 356 g/mol. The van der Waals surface area contributed by atoms with Crippen LogP contribution in [0.25, 0.3) is 0 Å². The third-order valence-electron chi connectivity index (χ3n) is 4.96. The fourth-order valence-electron chi connectivity index (χ4n) is 3.52. The van der Waals surface area contributed by atoms with Crippen molar-refractivity contribution in [2.24, 2.45) is 0 Å². The molecule has 0 unspecified atom stereocenters. The first-order valence-corrected chi connectivity index (χ1v) is 9.51. The molecular formula is C20H24N6O2. The van der Waals surface area contributed by atoms with Crippen LogP contribution in [-0.2, 0) is 19.5 Å². The molecule has 1 aliphatic heterocycles. The van der Waals surface area contributed by atoms with Gasteiger partial charge in [0, 0.05) is 38.3 Å². The summed E-state index contributed by atoms with van der Waals surface area (Å²) in [6.45, 7) is 7.31. The molecule has 0 fully saturated rings. The number of nitrogens with zero attached hydrogens (tertiary/aromatic N) is 5. The number of nitrogens with one attached hydrogen (secondary N) is 1. The Labute approximate surface area is 163 Å². The van der Waals surface area contributed by atoms with Crippen LogP contribution in [0.3, 0.4) is 0 Å². The van der Waals surface area contributed by atoms with E-state index < -0.39 is 0 Å². The highest BCUT2D eigenvalue weighted by atomic mass is 16.3. The van der Waals surface area contributed by atoms with Crippen LogP contribution in [0.5, 0.6) is 0 Å². The minimum absolute atomic E-state index is 0.254. The molecule has 0 radical (unpaired) electrons. The van der Waals surface area contributed by atoms with E-state index in [1.807, 2.05) is 26.0 Å². The first kappa shape index (κ1) is 18.4. The van der Waals surface area contributed by atoms with Crippen molar-refractivity contribution in [1.29, 1.82) is 0 Å². The zero-order valence-electron chi connectivity index (χ0n) is 16.1. The topological polar surface area (TPSA) is 89.1 Å². The van der Waals surface area contributed by atoms with Gasteiger partial charge in [0.15, 0.2) is 11.6 Å². The maximum atomic E-state index is 12.3. The van der Waals surface area contributed by atoms with Gasteiger partial charge in [0.2, 0.25) is 0 Å². The third-order valence-corrected chi connectivity index (χ3v) is 4.96. The van der Waals surface area contributed by atoms with E-state index in [0.29, 0.717) is 5.76 Å². The number of furan rings is 1. The van der Waals surface area contributed by atoms with Crippen molar-refractivity contribution in [1.82, 2.24) is 30.0 Å². The maximum Gasteiger partial charge on any atom is 0.287 e. The van der Waals surface area contributed by atoms with Crippen molar-refractivity contribution in [2.75, 3.05) is 13.1 Å². The molecule has 4 heterocycles. The Bertz CT molecular complexity index is 950. The molecule has 3 aromatic heterocycles. The average Bonchev–Trinajstić information content (AvgIpc) is 3.30. The summed E-state index contributed by atoms with van der Waals surface area (Å²) in [5.41, 5.74) is 2.12. The maximum absolute atomic E-state index is 12.3. The summed E-state index contributed by atoms with van der Waals surface area (Å²) < 4.78 is 7.28. The van der Waals surface area contributed by atoms with Crippen molar-refractivity contribution < 1.29 is 9.21 Å². The van der Waals surface area contributed by atoms with E-state index in [0.717, 1.165) is 55.6 Å². The highest BCUT2D eigenvalue weighted by Gasteiger charge is 2.23. The van der Waals surface area contributed by atoms with E-state index in [9.17, 15) is 4.79 Å². The zero-order chi connectivity index (χ0) is 19.5. The molecule has 1 amide bonds. The van der Waals surface area contributed by atoms with Gasteiger partial charge in [-0.3, -0.25) is 14.7 Å². The quantitative estimate of drug-likeness (QED) is 0.729. The van der Waals surface area contributed by atoms with Gasteiger partial charge in [-0.05, 0) is 38.1 Å². The number of rotatable bonds is 5. The number of aromatic nitrogens is 4. The molecule has 1 aliphatic rings. The van der Waals surface area contributed by atoms with Gasteiger partial charge in [-0.25, -0.2) is 0 Å². The van der Waals surface area contributed by atoms with Crippen LogP contribution in [0, 0.1) is 6.92 Å². The highest BCUT2D eigenvalue weighted by Crippen LogP contribution is 2.17. The predicted octanol–water partition coefficient (Wildman–Crippen LogP) is 2.12. The molecule has 146 valence electrons. The fourth-order valence-corrected chi connectivity index (χ4v) is 3.52. The molecule has 1 atom stereocenters. The number of pyridine rings is 1. The minimum atomic E-state index is -0.260. The van der Waals surface area contributed by atoms with Gasteiger partial charge in [0.05, 0.1) is 18.0 Å². The van der Waals surface area contributed by atoms with Crippen molar-refractivity contribution in [3.05, 3.63) is 65.4 Å². The van der Waals surface area contributed by atoms with Gasteiger partial charge in [0.1, 0.15) is 5.82 Å². The second-order valence-corrected chi connectivity index (χ2v) is 7.09. The van der Waals surface area contributed by atoms with Gasteiger partial charge >= 0.3 is 0 Å². The first-order chi connectivity index (χ1) is 13.6. The smallest absolute Gasteiger partial charge is 0.287 e. The molecule has 0 aliphatic carbocycles. The summed E-state index contributed by atoms with van der Waals surface area (Å²) in [7, 11) is 0. The molecule has 8 heteroatoms. The van der Waals surface area contributed by atoms with Crippen LogP contribution in [0.4, 0.5) is 0 Å². The standard InChI is InChI=1S/C20H24N6O2/c1-14-5-3-6-16(21-14)13-25-9-8-18-23-24-19(26(18)11-10-25)15(2)22-20(27)17-7-4-12-28-17/h3-7,12,15H,8-11,13H2,1-2H3,(H,22,27)/t15-/m1/s1. The number of carbonyl (C=O) groups excluding carboxylic acids is 1. The second-order valence-electron chi connectivity index (χ2n) is 7.09. The third kappa shape index (κ3) is 3.96. The summed E-state index contributed by atoms with van der Waals surface area (Å²) in [6, 6.07) is 9.20. The van der Waals surface area contributed by atoms with Gasteiger partial charge in [-0.2, -0.15) is 0 Å². The van der Waals surface area contributed by atoms with Crippen LogP contribution in [0.1, 0.15) is 46.6 Å². The van der Waals surface area contributed by atoms with E-state index >= 15 is 0 Å². The number of carbonyl (C=O) groups is 1. The summed E-state index contributed by atoms with van der Waals surface area (Å²) in [6.07, 6.45) is 2.30. The molecule has 0 saturated heterocycles. The van der Waals surface area contributed by atoms with Crippen molar-refractivity contribution in [3.8, 4) is 0 Å². The lowest BCUT2D eigenvalue weighted by molar-refractivity contribution is 0.0909. The van der Waals surface area contributed by atoms with Gasteiger partial charge in [-0.1, -0.05) is 6.07 Å². The zero-order valence-corrected chi connectivity index (χ0v) is 16.1. The summed E-state index contributed by atoms with van der Waals surface area (Å²) >= 11 is 0. The van der Waals surface area contributed by atoms with Crippen molar-refractivity contribution >= 4 is 5.91 Å². The van der Waals surface area contributed by atoms with Gasteiger partial charge < -0.3 is 14.3 Å². The predicted molar refractivity (Wildman–Crippen MR) is 103 cm³/mol. The number of aryl methyl sites for hydroxylation is 1. The van der Waals surface area contributed by atoms with E-state index in [1.54, 1.807) is 12.1 Å². The Morgan fingerprint density at radius 3 is 2.89 bits per heavy atom. The molecule has 1 N–H and O–H groups in total. The minimum Gasteiger partial charge on any atom is -0.459 e. The molecule has 0 bridgehead atoms. The monoisotopic (exact) mass is 380 g/mol. The van der Waals surface area contributed by atoms with E-state index in [1.165, 1.54) is 6.26 Å². The molecule has 3 aromatic rings. The van der Waals surface area contributed by atoms with E-state index in [4.69, 9.17) is 4.42 Å². The van der Waals surface area contributed by atoms with Crippen LogP contribution >= 0.6 is 0 Å². The normalized spacial score (nSPS) is 15.6. The number of amides is 1. The highest BCUT2D eigenvalue weighted by molar-refractivity contribution is 5.91. The lowest BCUT2D eigenvalue weighted by Gasteiger charge is -2.19. The Hall–Kier alpha value is -3.00. The number of hydrogen-bond donors (Lipinski definition) is 1. The second kappa shape index (κ2) is 7.93. The summed E-state index contributed by atoms with van der Waals surface area (Å²) in [5, 5.41) is 11.6. The van der Waals surface area contributed by atoms with Crippen LogP contribution in [0.2, 0.25) is 0 Å². The SMILES string of the molecule is Cc1cccc(CN2CCc3nnc([C@@H](C)NC(=O)c4ccco4)n3CC2)n1. The lowest BCUT2D eigenvalue weighted by atomic mass is 10.3. The molecule has 4 rings (SSSR count). The lowest BCUT2D eigenvalue weighted by Crippen LogP contribution is -2.30. The van der Waals surface area contributed by atoms with E-state index in [2.05, 4.69) is 36.0 Å². The summed E-state index contributed by atoms with van der Waals surface area (Å²) in [4.78, 5) is 19.2. The first-order valence-electron chi connectivity index (χ1n) is 9.51. The Balaban J connectivity index is 1.42. The summed E-state index contributed by atoms with van der Waals surface area (Å²) in [5.74, 6) is 1.76. The Morgan fingerprint density at radius 2 is 2.11 bits per heavy atom. The number of fused-ring (bicyclic) bond motifs is 1. The van der Waals surface area contributed by atoms with Crippen LogP contribution in [-0.4, -0.2) is 43.6 Å². The van der Waals surface area contributed by atoms with Crippen LogP contribution < -0.4 is 5.32 Å². The molecule has 28 heavy (non-hydrogen) atoms. The Morgan fingerprint density at radius 1 is 1.21 bits per heavy atom. The van der Waals surface area contributed by atoms with Crippen LogP contribution in [0.15, 0.2) is 41.0 Å².